The number of hydrogen-bond donors (Lipinski definition) is 2. The minimum absolute atomic E-state index is 0.0112. The summed E-state index contributed by atoms with van der Waals surface area (Å²) in [4.78, 5) is 21.2. The van der Waals surface area contributed by atoms with Gasteiger partial charge in [-0.15, -0.1) is 0 Å². The van der Waals surface area contributed by atoms with E-state index >= 15 is 0 Å². The van der Waals surface area contributed by atoms with Crippen LogP contribution in [-0.4, -0.2) is 37.6 Å². The lowest BCUT2D eigenvalue weighted by molar-refractivity contribution is -0.122. The number of fused-ring (bicyclic) bond motifs is 2. The molecule has 0 atom stereocenters. The Morgan fingerprint density at radius 1 is 1.28 bits per heavy atom. The Balaban J connectivity index is 1.91. The van der Waals surface area contributed by atoms with Crippen LogP contribution >= 0.6 is 11.6 Å². The van der Waals surface area contributed by atoms with Crippen LogP contribution < -0.4 is 10.6 Å². The molecule has 0 aliphatic carbocycles. The van der Waals surface area contributed by atoms with E-state index in [4.69, 9.17) is 11.6 Å². The first kappa shape index (κ1) is 25.3. The van der Waals surface area contributed by atoms with E-state index in [1.54, 1.807) is 31.3 Å². The average Bonchev–Trinajstić information content (AvgIpc) is 3.16. The van der Waals surface area contributed by atoms with Gasteiger partial charge in [-0.1, -0.05) is 17.7 Å². The van der Waals surface area contributed by atoms with E-state index in [0.717, 1.165) is 10.9 Å². The van der Waals surface area contributed by atoms with Gasteiger partial charge in [-0.25, -0.2) is 13.8 Å². The van der Waals surface area contributed by atoms with E-state index in [0.29, 0.717) is 27.6 Å². The number of nitrogens with zero attached hydrogens (tertiary/aromatic N) is 5. The van der Waals surface area contributed by atoms with E-state index in [1.807, 2.05) is 32.9 Å². The van der Waals surface area contributed by atoms with Gasteiger partial charge < -0.3 is 10.6 Å². The molecule has 3 aromatic heterocycles. The van der Waals surface area contributed by atoms with Gasteiger partial charge in [0.05, 0.1) is 11.2 Å². The summed E-state index contributed by atoms with van der Waals surface area (Å²) in [5.41, 5.74) is 1.11. The van der Waals surface area contributed by atoms with Crippen LogP contribution in [0.1, 0.15) is 50.6 Å². The third-order valence-electron chi connectivity index (χ3n) is 5.42. The van der Waals surface area contributed by atoms with Gasteiger partial charge in [0.15, 0.2) is 5.65 Å². The highest BCUT2D eigenvalue weighted by atomic mass is 35.5. The second-order valence-electron chi connectivity index (χ2n) is 9.32. The zero-order chi connectivity index (χ0) is 26.2. The second-order valence-corrected chi connectivity index (χ2v) is 9.76. The molecule has 0 saturated heterocycles. The van der Waals surface area contributed by atoms with Crippen molar-refractivity contribution >= 4 is 39.9 Å². The normalized spacial score (nSPS) is 11.8. The topological polar surface area (TPSA) is 108 Å². The van der Waals surface area contributed by atoms with Crippen molar-refractivity contribution in [2.45, 2.75) is 46.1 Å². The summed E-state index contributed by atoms with van der Waals surface area (Å²) in [6.07, 6.45) is -1.22. The maximum Gasteiger partial charge on any atom is 0.283 e. The van der Waals surface area contributed by atoms with Crippen molar-refractivity contribution in [3.63, 3.8) is 0 Å². The third kappa shape index (κ3) is 4.93. The first-order valence-electron chi connectivity index (χ1n) is 11.2. The highest BCUT2D eigenvalue weighted by Crippen LogP contribution is 2.37. The van der Waals surface area contributed by atoms with Crippen molar-refractivity contribution in [1.82, 2.24) is 24.9 Å². The zero-order valence-corrected chi connectivity index (χ0v) is 20.9. The predicted molar refractivity (Wildman–Crippen MR) is 134 cm³/mol. The van der Waals surface area contributed by atoms with Crippen molar-refractivity contribution in [2.24, 2.45) is 0 Å². The minimum Gasteiger partial charge on any atom is -0.369 e. The van der Waals surface area contributed by atoms with Crippen LogP contribution in [0.2, 0.25) is 5.02 Å². The standard InChI is InChI=1S/C25H24ClF2N7O/c1-13-20(16-7-9-30-18-11-14(26)5-6-15(16)18)24(31-10-8-19(36)33-25(2,3)4)35-23(32-13)17(12-29)21(34-35)22(27)28/h5-7,9,11,22,31H,8,10H2,1-4H3,(H,33,36). The largest absolute Gasteiger partial charge is 0.369 e. The first-order valence-corrected chi connectivity index (χ1v) is 11.6. The Morgan fingerprint density at radius 3 is 2.69 bits per heavy atom. The summed E-state index contributed by atoms with van der Waals surface area (Å²) in [5.74, 6) is 0.168. The van der Waals surface area contributed by atoms with Crippen molar-refractivity contribution < 1.29 is 13.6 Å². The van der Waals surface area contributed by atoms with Gasteiger partial charge in [0.2, 0.25) is 5.91 Å². The molecule has 36 heavy (non-hydrogen) atoms. The second kappa shape index (κ2) is 9.66. The van der Waals surface area contributed by atoms with E-state index in [1.165, 1.54) is 4.52 Å². The van der Waals surface area contributed by atoms with Gasteiger partial charge in [0.25, 0.3) is 6.43 Å². The van der Waals surface area contributed by atoms with Gasteiger partial charge >= 0.3 is 0 Å². The van der Waals surface area contributed by atoms with Gasteiger partial charge in [0.1, 0.15) is 23.1 Å². The zero-order valence-electron chi connectivity index (χ0n) is 20.2. The Kier molecular flexibility index (Phi) is 6.78. The van der Waals surface area contributed by atoms with Crippen molar-refractivity contribution in [1.29, 1.82) is 5.26 Å². The molecule has 0 bridgehead atoms. The monoisotopic (exact) mass is 511 g/mol. The molecule has 186 valence electrons. The number of carbonyl (C=O) groups excluding carboxylic acids is 1. The molecule has 1 aromatic carbocycles. The summed E-state index contributed by atoms with van der Waals surface area (Å²) in [7, 11) is 0. The molecule has 0 spiro atoms. The fraction of sp³-hybridized carbons (Fsp3) is 0.320. The van der Waals surface area contributed by atoms with Crippen LogP contribution in [0.4, 0.5) is 14.6 Å². The lowest BCUT2D eigenvalue weighted by Gasteiger charge is -2.21. The Bertz CT molecular complexity index is 1520. The van der Waals surface area contributed by atoms with Gasteiger partial charge in [-0.3, -0.25) is 9.78 Å². The molecule has 8 nitrogen and oxygen atoms in total. The lowest BCUT2D eigenvalue weighted by atomic mass is 10.00. The summed E-state index contributed by atoms with van der Waals surface area (Å²) < 4.78 is 28.7. The van der Waals surface area contributed by atoms with E-state index in [-0.39, 0.29) is 30.1 Å². The number of hydrogen-bond acceptors (Lipinski definition) is 6. The van der Waals surface area contributed by atoms with Gasteiger partial charge in [0, 0.05) is 40.7 Å². The Morgan fingerprint density at radius 2 is 2.03 bits per heavy atom. The number of aromatic nitrogens is 4. The quantitative estimate of drug-likeness (QED) is 0.357. The molecule has 0 aliphatic rings. The van der Waals surface area contributed by atoms with Gasteiger partial charge in [-0.2, -0.15) is 14.9 Å². The molecule has 0 radical (unpaired) electrons. The number of rotatable bonds is 6. The molecule has 0 fully saturated rings. The fourth-order valence-electron chi connectivity index (χ4n) is 4.04. The molecule has 4 aromatic rings. The maximum atomic E-state index is 13.7. The Hall–Kier alpha value is -3.84. The minimum atomic E-state index is -2.96. The summed E-state index contributed by atoms with van der Waals surface area (Å²) >= 11 is 6.15. The lowest BCUT2D eigenvalue weighted by Crippen LogP contribution is -2.41. The van der Waals surface area contributed by atoms with Crippen LogP contribution in [0.3, 0.4) is 0 Å². The molecule has 4 rings (SSSR count). The highest BCUT2D eigenvalue weighted by Gasteiger charge is 2.26. The molecule has 0 saturated carbocycles. The van der Waals surface area contributed by atoms with Crippen LogP contribution in [0.25, 0.3) is 27.7 Å². The first-order chi connectivity index (χ1) is 17.0. The number of alkyl halides is 2. The maximum absolute atomic E-state index is 13.7. The summed E-state index contributed by atoms with van der Waals surface area (Å²) in [5, 5.41) is 21.0. The number of pyridine rings is 1. The molecular weight excluding hydrogens is 488 g/mol. The number of anilines is 1. The molecule has 1 amide bonds. The number of halogens is 3. The Labute approximate surface area is 211 Å². The van der Waals surface area contributed by atoms with Crippen LogP contribution in [0.5, 0.6) is 0 Å². The molecule has 0 aliphatic heterocycles. The summed E-state index contributed by atoms with van der Waals surface area (Å²) in [6, 6.07) is 8.87. The predicted octanol–water partition coefficient (Wildman–Crippen LogP) is 5.43. The van der Waals surface area contributed by atoms with Crippen LogP contribution in [-0.2, 0) is 4.79 Å². The molecular formula is C25H24ClF2N7O. The number of nitriles is 1. The molecule has 0 unspecified atom stereocenters. The van der Waals surface area contributed by atoms with Gasteiger partial charge in [-0.05, 0) is 51.5 Å². The van der Waals surface area contributed by atoms with Crippen molar-refractivity contribution in [3.05, 3.63) is 52.4 Å². The average molecular weight is 512 g/mol. The number of carbonyl (C=O) groups is 1. The SMILES string of the molecule is Cc1nc2c(C#N)c(C(F)F)nn2c(NCCC(=O)NC(C)(C)C)c1-c1ccnc2cc(Cl)ccc12. The number of aryl methyl sites for hydroxylation is 1. The molecule has 3 heterocycles. The smallest absolute Gasteiger partial charge is 0.283 e. The number of nitrogens with one attached hydrogen (secondary N) is 2. The molecule has 11 heteroatoms. The van der Waals surface area contributed by atoms with E-state index in [9.17, 15) is 18.8 Å². The van der Waals surface area contributed by atoms with Crippen molar-refractivity contribution in [2.75, 3.05) is 11.9 Å². The van der Waals surface area contributed by atoms with Crippen LogP contribution in [0, 0.1) is 18.3 Å². The van der Waals surface area contributed by atoms with Crippen LogP contribution in [0.15, 0.2) is 30.5 Å². The fourth-order valence-corrected chi connectivity index (χ4v) is 4.20. The third-order valence-corrected chi connectivity index (χ3v) is 5.66. The summed E-state index contributed by atoms with van der Waals surface area (Å²) in [6.45, 7) is 7.56. The van der Waals surface area contributed by atoms with Crippen molar-refractivity contribution in [3.8, 4) is 17.2 Å². The number of amides is 1. The van der Waals surface area contributed by atoms with E-state index < -0.39 is 17.7 Å². The highest BCUT2D eigenvalue weighted by molar-refractivity contribution is 6.31. The molecule has 2 N–H and O–H groups in total. The van der Waals surface area contributed by atoms with E-state index in [2.05, 4.69) is 25.7 Å². The number of benzene rings is 1.